The zero-order valence-electron chi connectivity index (χ0n) is 11.8. The molecule has 6 nitrogen and oxygen atoms in total. The van der Waals surface area contributed by atoms with E-state index in [2.05, 4.69) is 4.98 Å². The Balaban J connectivity index is 2.04. The van der Waals surface area contributed by atoms with Crippen LogP contribution in [0, 0.1) is 11.8 Å². The lowest BCUT2D eigenvalue weighted by atomic mass is 10.2. The first kappa shape index (κ1) is 15.1. The summed E-state index contributed by atoms with van der Waals surface area (Å²) in [6.45, 7) is 1.28. The molecule has 2 heterocycles. The normalized spacial score (nSPS) is 15.0. The summed E-state index contributed by atoms with van der Waals surface area (Å²) in [6.07, 6.45) is 1.05. The average molecular weight is 298 g/mol. The van der Waals surface area contributed by atoms with Crippen molar-refractivity contribution in [1.82, 2.24) is 19.7 Å². The van der Waals surface area contributed by atoms with E-state index in [1.54, 1.807) is 19.0 Å². The summed E-state index contributed by atoms with van der Waals surface area (Å²) in [6, 6.07) is 1.01. The van der Waals surface area contributed by atoms with Gasteiger partial charge < -0.3 is 14.7 Å². The number of urea groups is 1. The molecule has 1 aromatic heterocycles. The largest absolute Gasteiger partial charge is 0.335 e. The fourth-order valence-corrected chi connectivity index (χ4v) is 2.14. The summed E-state index contributed by atoms with van der Waals surface area (Å²) >= 11 is 0. The molecule has 2 rings (SSSR count). The highest BCUT2D eigenvalue weighted by Crippen LogP contribution is 2.14. The van der Waals surface area contributed by atoms with Crippen molar-refractivity contribution in [2.75, 3.05) is 40.3 Å². The van der Waals surface area contributed by atoms with Crippen LogP contribution in [0.3, 0.4) is 0 Å². The van der Waals surface area contributed by atoms with Gasteiger partial charge in [-0.15, -0.1) is 0 Å². The van der Waals surface area contributed by atoms with E-state index in [1.807, 2.05) is 0 Å². The molecule has 0 aliphatic carbocycles. The molecule has 0 saturated carbocycles. The molecule has 0 unspecified atom stereocenters. The van der Waals surface area contributed by atoms with Crippen LogP contribution in [0.1, 0.15) is 10.4 Å². The van der Waals surface area contributed by atoms with Gasteiger partial charge in [-0.25, -0.2) is 14.2 Å². The Morgan fingerprint density at radius 3 is 2.29 bits per heavy atom. The lowest BCUT2D eigenvalue weighted by Gasteiger charge is -2.36. The maximum Gasteiger partial charge on any atom is 0.319 e. The lowest BCUT2D eigenvalue weighted by molar-refractivity contribution is 0.0644. The molecule has 0 N–H and O–H groups in total. The van der Waals surface area contributed by atoms with E-state index in [0.717, 1.165) is 12.3 Å². The van der Waals surface area contributed by atoms with Crippen molar-refractivity contribution in [3.63, 3.8) is 0 Å². The number of hydrogen-bond acceptors (Lipinski definition) is 3. The van der Waals surface area contributed by atoms with Gasteiger partial charge in [-0.2, -0.15) is 4.39 Å². The van der Waals surface area contributed by atoms with Crippen molar-refractivity contribution in [2.45, 2.75) is 0 Å². The first-order chi connectivity index (χ1) is 9.91. The topological polar surface area (TPSA) is 56.8 Å². The maximum absolute atomic E-state index is 13.6. The molecule has 1 aliphatic heterocycles. The van der Waals surface area contributed by atoms with Gasteiger partial charge in [0, 0.05) is 46.5 Å². The number of nitrogens with zero attached hydrogens (tertiary/aromatic N) is 4. The van der Waals surface area contributed by atoms with Crippen LogP contribution in [-0.4, -0.2) is 71.9 Å². The van der Waals surface area contributed by atoms with Crippen LogP contribution >= 0.6 is 0 Å². The third-order valence-electron chi connectivity index (χ3n) is 3.30. The van der Waals surface area contributed by atoms with Crippen molar-refractivity contribution in [3.05, 3.63) is 29.6 Å². The van der Waals surface area contributed by atoms with Crippen molar-refractivity contribution in [2.24, 2.45) is 0 Å². The summed E-state index contributed by atoms with van der Waals surface area (Å²) in [5.74, 6) is -3.12. The molecule has 21 heavy (non-hydrogen) atoms. The third-order valence-corrected chi connectivity index (χ3v) is 3.30. The van der Waals surface area contributed by atoms with Gasteiger partial charge in [0.2, 0.25) is 5.95 Å². The smallest absolute Gasteiger partial charge is 0.319 e. The zero-order chi connectivity index (χ0) is 15.6. The highest BCUT2D eigenvalue weighted by atomic mass is 19.2. The van der Waals surface area contributed by atoms with Crippen molar-refractivity contribution in [3.8, 4) is 0 Å². The summed E-state index contributed by atoms with van der Waals surface area (Å²) in [4.78, 5) is 31.5. The number of halogens is 2. The van der Waals surface area contributed by atoms with Gasteiger partial charge in [-0.1, -0.05) is 0 Å². The standard InChI is InChI=1S/C13H16F2N4O2/c1-17(2)13(21)19-7-5-18(6-8-19)12(20)9-3-4-16-11(15)10(9)14/h3-4H,5-8H2,1-2H3. The molecule has 0 aromatic carbocycles. The number of carbonyl (C=O) groups excluding carboxylic acids is 2. The first-order valence-electron chi connectivity index (χ1n) is 6.47. The third kappa shape index (κ3) is 3.09. The molecule has 0 radical (unpaired) electrons. The van der Waals surface area contributed by atoms with E-state index in [-0.39, 0.29) is 24.7 Å². The van der Waals surface area contributed by atoms with Crippen LogP contribution in [0.25, 0.3) is 0 Å². The Morgan fingerprint density at radius 2 is 1.71 bits per heavy atom. The Labute approximate surface area is 120 Å². The fraction of sp³-hybridized carbons (Fsp3) is 0.462. The molecule has 3 amide bonds. The average Bonchev–Trinajstić information content (AvgIpc) is 2.48. The van der Waals surface area contributed by atoms with Gasteiger partial charge in [0.25, 0.3) is 5.91 Å². The van der Waals surface area contributed by atoms with Crippen LogP contribution in [-0.2, 0) is 0 Å². The molecule has 0 spiro atoms. The molecule has 0 bridgehead atoms. The van der Waals surface area contributed by atoms with E-state index in [1.165, 1.54) is 9.80 Å². The molecule has 1 aromatic rings. The summed E-state index contributed by atoms with van der Waals surface area (Å²) < 4.78 is 26.6. The number of amides is 3. The predicted molar refractivity (Wildman–Crippen MR) is 70.7 cm³/mol. The second-order valence-corrected chi connectivity index (χ2v) is 4.92. The molecular weight excluding hydrogens is 282 g/mol. The molecular formula is C13H16F2N4O2. The van der Waals surface area contributed by atoms with Gasteiger partial charge in [0.05, 0.1) is 5.56 Å². The highest BCUT2D eigenvalue weighted by Gasteiger charge is 2.27. The molecule has 1 saturated heterocycles. The lowest BCUT2D eigenvalue weighted by Crippen LogP contribution is -2.53. The van der Waals surface area contributed by atoms with Gasteiger partial charge >= 0.3 is 6.03 Å². The summed E-state index contributed by atoms with van der Waals surface area (Å²) in [5, 5.41) is 0. The molecule has 114 valence electrons. The van der Waals surface area contributed by atoms with Crippen LogP contribution < -0.4 is 0 Å². The summed E-state index contributed by atoms with van der Waals surface area (Å²) in [5.41, 5.74) is -0.338. The fourth-order valence-electron chi connectivity index (χ4n) is 2.14. The number of rotatable bonds is 1. The molecule has 0 atom stereocenters. The number of carbonyl (C=O) groups is 2. The monoisotopic (exact) mass is 298 g/mol. The maximum atomic E-state index is 13.6. The minimum absolute atomic E-state index is 0.136. The SMILES string of the molecule is CN(C)C(=O)N1CCN(C(=O)c2ccnc(F)c2F)CC1. The highest BCUT2D eigenvalue weighted by molar-refractivity contribution is 5.94. The minimum atomic E-state index is -1.29. The van der Waals surface area contributed by atoms with E-state index >= 15 is 0 Å². The zero-order valence-corrected chi connectivity index (χ0v) is 11.8. The second-order valence-electron chi connectivity index (χ2n) is 4.92. The number of piperazine rings is 1. The van der Waals surface area contributed by atoms with Gasteiger partial charge in [0.1, 0.15) is 0 Å². The molecule has 8 heteroatoms. The Morgan fingerprint density at radius 1 is 1.14 bits per heavy atom. The van der Waals surface area contributed by atoms with E-state index in [4.69, 9.17) is 0 Å². The Hall–Kier alpha value is -2.25. The van der Waals surface area contributed by atoms with Crippen LogP contribution in [0.2, 0.25) is 0 Å². The van der Waals surface area contributed by atoms with Crippen molar-refractivity contribution in [1.29, 1.82) is 0 Å². The first-order valence-corrected chi connectivity index (χ1v) is 6.47. The van der Waals surface area contributed by atoms with E-state index in [9.17, 15) is 18.4 Å². The van der Waals surface area contributed by atoms with Gasteiger partial charge in [0.15, 0.2) is 5.82 Å². The second kappa shape index (κ2) is 6.02. The number of hydrogen-bond donors (Lipinski definition) is 0. The van der Waals surface area contributed by atoms with Gasteiger partial charge in [-0.05, 0) is 6.07 Å². The predicted octanol–water partition coefficient (Wildman–Crippen LogP) is 0.799. The van der Waals surface area contributed by atoms with E-state index < -0.39 is 17.7 Å². The summed E-state index contributed by atoms with van der Waals surface area (Å²) in [7, 11) is 3.30. The van der Waals surface area contributed by atoms with Crippen molar-refractivity contribution >= 4 is 11.9 Å². The van der Waals surface area contributed by atoms with Crippen LogP contribution in [0.15, 0.2) is 12.3 Å². The quantitative estimate of drug-likeness (QED) is 0.721. The Kier molecular flexibility index (Phi) is 4.35. The van der Waals surface area contributed by atoms with Crippen molar-refractivity contribution < 1.29 is 18.4 Å². The van der Waals surface area contributed by atoms with Crippen LogP contribution in [0.5, 0.6) is 0 Å². The minimum Gasteiger partial charge on any atom is -0.335 e. The van der Waals surface area contributed by atoms with E-state index in [0.29, 0.717) is 13.1 Å². The number of pyridine rings is 1. The Bertz CT molecular complexity index is 557. The molecule has 1 fully saturated rings. The van der Waals surface area contributed by atoms with Crippen LogP contribution in [0.4, 0.5) is 13.6 Å². The van der Waals surface area contributed by atoms with Gasteiger partial charge in [-0.3, -0.25) is 4.79 Å². The number of aromatic nitrogens is 1. The molecule has 1 aliphatic rings.